The smallest absolute Gasteiger partial charge is 0.0950 e. The van der Waals surface area contributed by atoms with Gasteiger partial charge in [0.15, 0.2) is 0 Å². The van der Waals surface area contributed by atoms with Crippen LogP contribution in [0.1, 0.15) is 31.9 Å². The quantitative estimate of drug-likeness (QED) is 0.885. The minimum absolute atomic E-state index is 0.0596. The molecule has 0 bridgehead atoms. The van der Waals surface area contributed by atoms with Crippen molar-refractivity contribution in [1.29, 1.82) is 0 Å². The summed E-state index contributed by atoms with van der Waals surface area (Å²) in [5.74, 6) is 0. The molecule has 0 spiro atoms. The monoisotopic (exact) mass is 273 g/mol. The summed E-state index contributed by atoms with van der Waals surface area (Å²) >= 11 is 11.9. The van der Waals surface area contributed by atoms with Gasteiger partial charge in [0.2, 0.25) is 0 Å². The Morgan fingerprint density at radius 3 is 2.71 bits per heavy atom. The van der Waals surface area contributed by atoms with Gasteiger partial charge in [-0.2, -0.15) is 0 Å². The van der Waals surface area contributed by atoms with Gasteiger partial charge < -0.3 is 10.1 Å². The summed E-state index contributed by atoms with van der Waals surface area (Å²) in [6.45, 7) is 5.87. The second-order valence-corrected chi connectivity index (χ2v) is 5.58. The van der Waals surface area contributed by atoms with Gasteiger partial charge in [0.05, 0.1) is 22.8 Å². The van der Waals surface area contributed by atoms with Crippen molar-refractivity contribution >= 4 is 23.2 Å². The Morgan fingerprint density at radius 1 is 1.41 bits per heavy atom. The molecule has 17 heavy (non-hydrogen) atoms. The number of rotatable bonds is 2. The van der Waals surface area contributed by atoms with Crippen LogP contribution in [-0.4, -0.2) is 18.7 Å². The van der Waals surface area contributed by atoms with E-state index in [0.29, 0.717) is 16.7 Å². The van der Waals surface area contributed by atoms with Crippen LogP contribution in [-0.2, 0) is 4.74 Å². The summed E-state index contributed by atoms with van der Waals surface area (Å²) in [4.78, 5) is 0. The summed E-state index contributed by atoms with van der Waals surface area (Å²) in [6.07, 6.45) is 1.12. The van der Waals surface area contributed by atoms with Crippen molar-refractivity contribution in [1.82, 2.24) is 5.32 Å². The Hall–Kier alpha value is -0.280. The number of hydrogen-bond donors (Lipinski definition) is 1. The van der Waals surface area contributed by atoms with Crippen molar-refractivity contribution in [2.75, 3.05) is 13.2 Å². The average molecular weight is 274 g/mol. The van der Waals surface area contributed by atoms with Gasteiger partial charge in [-0.1, -0.05) is 36.2 Å². The van der Waals surface area contributed by atoms with E-state index in [0.717, 1.165) is 18.5 Å². The predicted octanol–water partition coefficient (Wildman–Crippen LogP) is 3.82. The minimum atomic E-state index is 0.0596. The maximum absolute atomic E-state index is 6.01. The van der Waals surface area contributed by atoms with Crippen LogP contribution >= 0.6 is 23.2 Å². The maximum Gasteiger partial charge on any atom is 0.0950 e. The third kappa shape index (κ3) is 2.94. The number of benzene rings is 1. The molecule has 2 rings (SSSR count). The highest BCUT2D eigenvalue weighted by atomic mass is 35.5. The predicted molar refractivity (Wildman–Crippen MR) is 71.9 cm³/mol. The summed E-state index contributed by atoms with van der Waals surface area (Å²) in [6, 6.07) is 5.66. The molecule has 1 fully saturated rings. The molecule has 0 amide bonds. The molecule has 1 saturated heterocycles. The SMILES string of the molecule is CCC1(C)COC(c2ccc(Cl)c(Cl)c2)CN1. The molecule has 2 unspecified atom stereocenters. The second-order valence-electron chi connectivity index (χ2n) is 4.77. The second kappa shape index (κ2) is 5.15. The van der Waals surface area contributed by atoms with Crippen LogP contribution in [0.5, 0.6) is 0 Å². The highest BCUT2D eigenvalue weighted by Gasteiger charge is 2.30. The topological polar surface area (TPSA) is 21.3 Å². The largest absolute Gasteiger partial charge is 0.370 e. The minimum Gasteiger partial charge on any atom is -0.370 e. The van der Waals surface area contributed by atoms with Gasteiger partial charge in [-0.3, -0.25) is 0 Å². The summed E-state index contributed by atoms with van der Waals surface area (Å²) in [5, 5.41) is 4.69. The van der Waals surface area contributed by atoms with E-state index in [9.17, 15) is 0 Å². The normalized spacial score (nSPS) is 29.3. The van der Waals surface area contributed by atoms with Crippen molar-refractivity contribution < 1.29 is 4.74 Å². The van der Waals surface area contributed by atoms with Crippen LogP contribution in [0.15, 0.2) is 18.2 Å². The van der Waals surface area contributed by atoms with E-state index < -0.39 is 0 Å². The molecule has 1 heterocycles. The summed E-state index contributed by atoms with van der Waals surface area (Å²) in [7, 11) is 0. The molecule has 4 heteroatoms. The summed E-state index contributed by atoms with van der Waals surface area (Å²) in [5.41, 5.74) is 1.16. The lowest BCUT2D eigenvalue weighted by Crippen LogP contribution is -2.52. The molecule has 0 saturated carbocycles. The van der Waals surface area contributed by atoms with Crippen LogP contribution in [0.4, 0.5) is 0 Å². The molecule has 2 atom stereocenters. The highest BCUT2D eigenvalue weighted by Crippen LogP contribution is 2.30. The van der Waals surface area contributed by atoms with E-state index >= 15 is 0 Å². The van der Waals surface area contributed by atoms with Gasteiger partial charge in [-0.15, -0.1) is 0 Å². The first-order valence-corrected chi connectivity index (χ1v) is 6.61. The molecular weight excluding hydrogens is 257 g/mol. The van der Waals surface area contributed by atoms with Crippen molar-refractivity contribution in [3.63, 3.8) is 0 Å². The van der Waals surface area contributed by atoms with E-state index in [1.54, 1.807) is 0 Å². The summed E-state index contributed by atoms with van der Waals surface area (Å²) < 4.78 is 5.90. The molecule has 0 radical (unpaired) electrons. The molecule has 0 aliphatic carbocycles. The standard InChI is InChI=1S/C13H17Cl2NO/c1-3-13(2)8-17-12(7-16-13)9-4-5-10(14)11(15)6-9/h4-6,12,16H,3,7-8H2,1-2H3. The third-order valence-electron chi connectivity index (χ3n) is 3.41. The molecular formula is C13H17Cl2NO. The number of ether oxygens (including phenoxy) is 1. The van der Waals surface area contributed by atoms with E-state index in [1.165, 1.54) is 0 Å². The maximum atomic E-state index is 6.01. The van der Waals surface area contributed by atoms with Gasteiger partial charge in [-0.25, -0.2) is 0 Å². The fourth-order valence-corrected chi connectivity index (χ4v) is 2.19. The van der Waals surface area contributed by atoms with Crippen molar-refractivity contribution in [3.05, 3.63) is 33.8 Å². The first-order chi connectivity index (χ1) is 8.04. The molecule has 94 valence electrons. The van der Waals surface area contributed by atoms with E-state index in [2.05, 4.69) is 19.2 Å². The molecule has 1 aromatic carbocycles. The van der Waals surface area contributed by atoms with Gasteiger partial charge in [-0.05, 0) is 31.0 Å². The van der Waals surface area contributed by atoms with Crippen LogP contribution in [0.3, 0.4) is 0 Å². The number of nitrogens with one attached hydrogen (secondary N) is 1. The van der Waals surface area contributed by atoms with Crippen LogP contribution in [0, 0.1) is 0 Å². The number of halogens is 2. The van der Waals surface area contributed by atoms with E-state index in [-0.39, 0.29) is 11.6 Å². The van der Waals surface area contributed by atoms with E-state index in [1.807, 2.05) is 18.2 Å². The molecule has 1 aromatic rings. The van der Waals surface area contributed by atoms with Crippen molar-refractivity contribution in [3.8, 4) is 0 Å². The average Bonchev–Trinajstić information content (AvgIpc) is 2.34. The van der Waals surface area contributed by atoms with E-state index in [4.69, 9.17) is 27.9 Å². The Labute approximate surface area is 112 Å². The first kappa shape index (κ1) is 13.2. The highest BCUT2D eigenvalue weighted by molar-refractivity contribution is 6.42. The zero-order valence-corrected chi connectivity index (χ0v) is 11.6. The fraction of sp³-hybridized carbons (Fsp3) is 0.538. The molecule has 2 nitrogen and oxygen atoms in total. The lowest BCUT2D eigenvalue weighted by Gasteiger charge is -2.38. The van der Waals surface area contributed by atoms with Crippen molar-refractivity contribution in [2.24, 2.45) is 0 Å². The number of morpholine rings is 1. The van der Waals surface area contributed by atoms with Crippen LogP contribution in [0.2, 0.25) is 10.0 Å². The zero-order valence-electron chi connectivity index (χ0n) is 10.1. The first-order valence-electron chi connectivity index (χ1n) is 5.86. The van der Waals surface area contributed by atoms with Gasteiger partial charge >= 0.3 is 0 Å². The fourth-order valence-electron chi connectivity index (χ4n) is 1.89. The van der Waals surface area contributed by atoms with Crippen molar-refractivity contribution in [2.45, 2.75) is 31.9 Å². The molecule has 1 aliphatic heterocycles. The molecule has 1 aliphatic rings. The van der Waals surface area contributed by atoms with Gasteiger partial charge in [0.1, 0.15) is 0 Å². The van der Waals surface area contributed by atoms with Crippen LogP contribution < -0.4 is 5.32 Å². The molecule has 0 aromatic heterocycles. The van der Waals surface area contributed by atoms with Crippen LogP contribution in [0.25, 0.3) is 0 Å². The number of hydrogen-bond acceptors (Lipinski definition) is 2. The third-order valence-corrected chi connectivity index (χ3v) is 4.15. The Bertz CT molecular complexity index is 400. The van der Waals surface area contributed by atoms with Gasteiger partial charge in [0.25, 0.3) is 0 Å². The lowest BCUT2D eigenvalue weighted by molar-refractivity contribution is -0.0299. The Kier molecular flexibility index (Phi) is 3.99. The lowest BCUT2D eigenvalue weighted by atomic mass is 9.96. The molecule has 1 N–H and O–H groups in total. The Morgan fingerprint density at radius 2 is 2.18 bits per heavy atom. The van der Waals surface area contributed by atoms with Gasteiger partial charge in [0, 0.05) is 12.1 Å². The zero-order chi connectivity index (χ0) is 12.5. The Balaban J connectivity index is 2.08.